The maximum atomic E-state index is 11.0. The van der Waals surface area contributed by atoms with Crippen molar-refractivity contribution >= 4 is 5.91 Å². The maximum absolute atomic E-state index is 11.0. The molecule has 13 heavy (non-hydrogen) atoms. The molecule has 1 rings (SSSR count). The monoisotopic (exact) mass is 180 g/mol. The minimum absolute atomic E-state index is 0.125. The molecular formula is C8H12N4O. The standard InChI is InChI=1S/C8H12N4O/c1-4-6(7(9)13)5(2)12(3)8(10)11-4/h10H,1-3H3,(H2,9,13). The van der Waals surface area contributed by atoms with Crippen LogP contribution in [0.4, 0.5) is 0 Å². The van der Waals surface area contributed by atoms with E-state index in [-0.39, 0.29) is 5.62 Å². The van der Waals surface area contributed by atoms with Crippen LogP contribution in [0, 0.1) is 19.3 Å². The van der Waals surface area contributed by atoms with Crippen molar-refractivity contribution in [2.45, 2.75) is 13.8 Å². The summed E-state index contributed by atoms with van der Waals surface area (Å²) in [6, 6.07) is 0. The molecule has 5 heteroatoms. The molecule has 0 saturated carbocycles. The number of nitrogens with one attached hydrogen (secondary N) is 1. The number of nitrogens with two attached hydrogens (primary N) is 1. The van der Waals surface area contributed by atoms with Gasteiger partial charge in [-0.2, -0.15) is 0 Å². The first-order valence-corrected chi connectivity index (χ1v) is 3.83. The molecule has 1 aromatic heterocycles. The first-order valence-electron chi connectivity index (χ1n) is 3.83. The Morgan fingerprint density at radius 2 is 2.08 bits per heavy atom. The fourth-order valence-electron chi connectivity index (χ4n) is 1.23. The number of amides is 1. The Balaban J connectivity index is 3.63. The minimum Gasteiger partial charge on any atom is -0.365 e. The number of hydrogen-bond donors (Lipinski definition) is 2. The number of aromatic nitrogens is 2. The molecule has 0 aliphatic heterocycles. The summed E-state index contributed by atoms with van der Waals surface area (Å²) in [5, 5.41) is 7.44. The van der Waals surface area contributed by atoms with Crippen LogP contribution in [-0.4, -0.2) is 15.5 Å². The van der Waals surface area contributed by atoms with Gasteiger partial charge in [0.2, 0.25) is 5.62 Å². The smallest absolute Gasteiger partial charge is 0.252 e. The number of hydrogen-bond acceptors (Lipinski definition) is 3. The van der Waals surface area contributed by atoms with Gasteiger partial charge >= 0.3 is 0 Å². The molecule has 0 radical (unpaired) electrons. The lowest BCUT2D eigenvalue weighted by Gasteiger charge is -2.09. The summed E-state index contributed by atoms with van der Waals surface area (Å²) in [6.07, 6.45) is 0. The largest absolute Gasteiger partial charge is 0.365 e. The molecule has 0 unspecified atom stereocenters. The molecule has 0 atom stereocenters. The molecule has 1 heterocycles. The molecule has 70 valence electrons. The molecule has 5 nitrogen and oxygen atoms in total. The second-order valence-corrected chi connectivity index (χ2v) is 2.90. The molecule has 3 N–H and O–H groups in total. The Labute approximate surface area is 75.7 Å². The molecule has 0 aliphatic rings. The highest BCUT2D eigenvalue weighted by Crippen LogP contribution is 2.06. The zero-order chi connectivity index (χ0) is 10.2. The van der Waals surface area contributed by atoms with Crippen LogP contribution >= 0.6 is 0 Å². The first kappa shape index (κ1) is 9.44. The molecule has 1 aromatic rings. The Hall–Kier alpha value is -1.65. The average Bonchev–Trinajstić information content (AvgIpc) is 1.99. The van der Waals surface area contributed by atoms with Crippen molar-refractivity contribution in [3.63, 3.8) is 0 Å². The van der Waals surface area contributed by atoms with E-state index in [2.05, 4.69) is 4.98 Å². The molecule has 0 bridgehead atoms. The molecule has 1 amide bonds. The van der Waals surface area contributed by atoms with E-state index in [9.17, 15) is 4.79 Å². The van der Waals surface area contributed by atoms with Crippen molar-refractivity contribution in [3.8, 4) is 0 Å². The minimum atomic E-state index is -0.502. The van der Waals surface area contributed by atoms with Crippen LogP contribution in [0.2, 0.25) is 0 Å². The van der Waals surface area contributed by atoms with E-state index in [0.717, 1.165) is 0 Å². The summed E-state index contributed by atoms with van der Waals surface area (Å²) in [5.41, 5.74) is 6.89. The van der Waals surface area contributed by atoms with Crippen molar-refractivity contribution in [3.05, 3.63) is 22.6 Å². The van der Waals surface area contributed by atoms with Gasteiger partial charge in [0.25, 0.3) is 5.91 Å². The lowest BCUT2D eigenvalue weighted by molar-refractivity contribution is 0.0997. The van der Waals surface area contributed by atoms with E-state index >= 15 is 0 Å². The molecule has 0 aromatic carbocycles. The van der Waals surface area contributed by atoms with Gasteiger partial charge in [0.05, 0.1) is 11.3 Å². The predicted molar refractivity (Wildman–Crippen MR) is 47.1 cm³/mol. The fourth-order valence-corrected chi connectivity index (χ4v) is 1.23. The van der Waals surface area contributed by atoms with Gasteiger partial charge in [-0.25, -0.2) is 4.98 Å². The summed E-state index contributed by atoms with van der Waals surface area (Å²) in [7, 11) is 1.68. The molecule has 0 saturated heterocycles. The van der Waals surface area contributed by atoms with Gasteiger partial charge in [-0.1, -0.05) is 0 Å². The van der Waals surface area contributed by atoms with Gasteiger partial charge in [0.1, 0.15) is 0 Å². The number of aryl methyl sites for hydroxylation is 1. The Kier molecular flexibility index (Phi) is 2.18. The highest BCUT2D eigenvalue weighted by molar-refractivity contribution is 5.94. The van der Waals surface area contributed by atoms with Gasteiger partial charge in [0.15, 0.2) is 0 Å². The molecule has 0 aliphatic carbocycles. The zero-order valence-electron chi connectivity index (χ0n) is 7.88. The SMILES string of the molecule is Cc1nc(=N)n(C)c(C)c1C(N)=O. The van der Waals surface area contributed by atoms with Gasteiger partial charge < -0.3 is 10.3 Å². The number of carbonyl (C=O) groups excluding carboxylic acids is 1. The number of rotatable bonds is 1. The van der Waals surface area contributed by atoms with Crippen LogP contribution in [0.5, 0.6) is 0 Å². The van der Waals surface area contributed by atoms with E-state index in [0.29, 0.717) is 17.0 Å². The van der Waals surface area contributed by atoms with Crippen LogP contribution in [-0.2, 0) is 7.05 Å². The van der Waals surface area contributed by atoms with Gasteiger partial charge in [-0.3, -0.25) is 10.2 Å². The van der Waals surface area contributed by atoms with Crippen molar-refractivity contribution in [1.82, 2.24) is 9.55 Å². The molecule has 0 fully saturated rings. The number of primary amides is 1. The van der Waals surface area contributed by atoms with Crippen LogP contribution in [0.15, 0.2) is 0 Å². The van der Waals surface area contributed by atoms with Crippen LogP contribution in [0.25, 0.3) is 0 Å². The van der Waals surface area contributed by atoms with Gasteiger partial charge in [-0.15, -0.1) is 0 Å². The second kappa shape index (κ2) is 3.01. The van der Waals surface area contributed by atoms with Gasteiger partial charge in [-0.05, 0) is 13.8 Å². The predicted octanol–water partition coefficient (Wildman–Crippen LogP) is -0.385. The number of carbonyl (C=O) groups is 1. The third-order valence-corrected chi connectivity index (χ3v) is 2.06. The Morgan fingerprint density at radius 1 is 1.54 bits per heavy atom. The zero-order valence-corrected chi connectivity index (χ0v) is 7.88. The van der Waals surface area contributed by atoms with E-state index in [1.807, 2.05) is 0 Å². The normalized spacial score (nSPS) is 10.1. The van der Waals surface area contributed by atoms with Crippen molar-refractivity contribution in [2.75, 3.05) is 0 Å². The van der Waals surface area contributed by atoms with Crippen molar-refractivity contribution in [1.29, 1.82) is 5.41 Å². The lowest BCUT2D eigenvalue weighted by Crippen LogP contribution is -2.28. The summed E-state index contributed by atoms with van der Waals surface area (Å²) < 4.78 is 1.52. The van der Waals surface area contributed by atoms with Crippen LogP contribution in [0.1, 0.15) is 21.7 Å². The highest BCUT2D eigenvalue weighted by Gasteiger charge is 2.11. The molecular weight excluding hydrogens is 168 g/mol. The van der Waals surface area contributed by atoms with E-state index < -0.39 is 5.91 Å². The van der Waals surface area contributed by atoms with Crippen molar-refractivity contribution in [2.24, 2.45) is 12.8 Å². The quantitative estimate of drug-likeness (QED) is 0.617. The summed E-state index contributed by atoms with van der Waals surface area (Å²) in [6.45, 7) is 3.41. The third kappa shape index (κ3) is 1.44. The van der Waals surface area contributed by atoms with Crippen molar-refractivity contribution < 1.29 is 4.79 Å². The third-order valence-electron chi connectivity index (χ3n) is 2.06. The van der Waals surface area contributed by atoms with Gasteiger partial charge in [0, 0.05) is 12.7 Å². The topological polar surface area (TPSA) is 84.8 Å². The maximum Gasteiger partial charge on any atom is 0.252 e. The highest BCUT2D eigenvalue weighted by atomic mass is 16.1. The summed E-state index contributed by atoms with van der Waals surface area (Å²) in [4.78, 5) is 14.9. The van der Waals surface area contributed by atoms with Crippen LogP contribution in [0.3, 0.4) is 0 Å². The summed E-state index contributed by atoms with van der Waals surface area (Å²) in [5.74, 6) is -0.502. The number of nitrogens with zero attached hydrogens (tertiary/aromatic N) is 2. The second-order valence-electron chi connectivity index (χ2n) is 2.90. The first-order chi connectivity index (χ1) is 5.95. The Morgan fingerprint density at radius 3 is 2.54 bits per heavy atom. The Bertz CT molecular complexity index is 419. The van der Waals surface area contributed by atoms with E-state index in [1.54, 1.807) is 20.9 Å². The van der Waals surface area contributed by atoms with E-state index in [4.69, 9.17) is 11.1 Å². The fraction of sp³-hybridized carbons (Fsp3) is 0.375. The average molecular weight is 180 g/mol. The molecule has 0 spiro atoms. The van der Waals surface area contributed by atoms with Crippen LogP contribution < -0.4 is 11.4 Å². The lowest BCUT2D eigenvalue weighted by atomic mass is 10.1. The van der Waals surface area contributed by atoms with E-state index in [1.165, 1.54) is 4.57 Å². The summed E-state index contributed by atoms with van der Waals surface area (Å²) >= 11 is 0.